The molecule has 0 spiro atoms. The van der Waals surface area contributed by atoms with E-state index >= 15 is 0 Å². The second-order valence-electron chi connectivity index (χ2n) is 25.2. The average Bonchev–Trinajstić information content (AvgIpc) is 3.44. The molecular formula is C65H126O17P2. The molecule has 498 valence electrons. The monoisotopic (exact) mass is 1240 g/mol. The molecule has 0 aromatic heterocycles. The Morgan fingerprint density at radius 2 is 0.571 bits per heavy atom. The second kappa shape index (κ2) is 55.2. The number of esters is 4. The van der Waals surface area contributed by atoms with Crippen molar-refractivity contribution in [3.05, 3.63) is 0 Å². The quantitative estimate of drug-likeness (QED) is 0.0222. The fraction of sp³-hybridized carbons (Fsp3) is 0.938. The molecular weight excluding hydrogens is 1110 g/mol. The van der Waals surface area contributed by atoms with Crippen molar-refractivity contribution in [2.75, 3.05) is 39.6 Å². The highest BCUT2D eigenvalue weighted by molar-refractivity contribution is 7.47. The van der Waals surface area contributed by atoms with E-state index < -0.39 is 97.5 Å². The normalized spacial score (nSPS) is 14.7. The average molecular weight is 1240 g/mol. The Labute approximate surface area is 511 Å². The molecule has 4 unspecified atom stereocenters. The summed E-state index contributed by atoms with van der Waals surface area (Å²) < 4.78 is 68.0. The molecule has 0 radical (unpaired) electrons. The maximum atomic E-state index is 13.0. The van der Waals surface area contributed by atoms with Crippen LogP contribution in [0, 0.1) is 23.7 Å². The van der Waals surface area contributed by atoms with Crippen LogP contribution < -0.4 is 0 Å². The number of carbonyl (C=O) groups is 4. The molecule has 0 rings (SSSR count). The van der Waals surface area contributed by atoms with Crippen LogP contribution in [0.3, 0.4) is 0 Å². The lowest BCUT2D eigenvalue weighted by molar-refractivity contribution is -0.161. The zero-order valence-electron chi connectivity index (χ0n) is 54.5. The second-order valence-corrected chi connectivity index (χ2v) is 28.1. The first-order valence-electron chi connectivity index (χ1n) is 33.7. The van der Waals surface area contributed by atoms with Crippen LogP contribution in [0.15, 0.2) is 0 Å². The van der Waals surface area contributed by atoms with Gasteiger partial charge in [-0.3, -0.25) is 37.3 Å². The molecule has 0 aliphatic carbocycles. The predicted octanol–water partition coefficient (Wildman–Crippen LogP) is 17.8. The fourth-order valence-corrected chi connectivity index (χ4v) is 11.2. The van der Waals surface area contributed by atoms with Gasteiger partial charge in [-0.1, -0.05) is 261 Å². The van der Waals surface area contributed by atoms with Crippen molar-refractivity contribution < 1.29 is 80.2 Å². The number of ether oxygens (including phenoxy) is 4. The summed E-state index contributed by atoms with van der Waals surface area (Å²) in [4.78, 5) is 72.2. The first-order valence-corrected chi connectivity index (χ1v) is 36.7. The lowest BCUT2D eigenvalue weighted by Crippen LogP contribution is -2.30. The van der Waals surface area contributed by atoms with Crippen LogP contribution in [0.5, 0.6) is 0 Å². The summed E-state index contributed by atoms with van der Waals surface area (Å²) in [7, 11) is -9.89. The highest BCUT2D eigenvalue weighted by Crippen LogP contribution is 2.45. The molecule has 0 aromatic carbocycles. The van der Waals surface area contributed by atoms with Crippen molar-refractivity contribution in [3.63, 3.8) is 0 Å². The first kappa shape index (κ1) is 82.1. The number of unbranched alkanes of at least 4 members (excludes halogenated alkanes) is 27. The molecule has 0 bridgehead atoms. The minimum Gasteiger partial charge on any atom is -0.462 e. The summed E-state index contributed by atoms with van der Waals surface area (Å²) in [6.45, 7) is 13.9. The van der Waals surface area contributed by atoms with E-state index in [1.165, 1.54) is 103 Å². The number of carbonyl (C=O) groups excluding carboxylic acids is 4. The minimum absolute atomic E-state index is 0.101. The van der Waals surface area contributed by atoms with Crippen molar-refractivity contribution in [1.29, 1.82) is 0 Å². The van der Waals surface area contributed by atoms with Gasteiger partial charge in [0.25, 0.3) is 0 Å². The standard InChI is InChI=1S/C65H126O17P2/c1-9-58(8)44-36-28-22-24-32-40-48-65(70)82-61(51-75-62(67)45-37-29-20-16-18-26-34-42-56(4)5)54-80-84(73,74)78-50-59(66)49-77-83(71,72)79-53-60(52-76-63(68)46-38-30-23-21-27-35-43-57(6)7)81-64(69)47-39-31-19-15-13-11-10-12-14-17-25-33-41-55(2)3/h55-61,66H,9-54H2,1-8H3,(H,71,72)(H,73,74)/t58?,59?,60-,61-/m1/s1. The van der Waals surface area contributed by atoms with Gasteiger partial charge in [-0.15, -0.1) is 0 Å². The van der Waals surface area contributed by atoms with E-state index in [1.54, 1.807) is 0 Å². The molecule has 0 fully saturated rings. The lowest BCUT2D eigenvalue weighted by atomic mass is 10.00. The first-order chi connectivity index (χ1) is 40.1. The zero-order chi connectivity index (χ0) is 62.5. The van der Waals surface area contributed by atoms with E-state index in [0.717, 1.165) is 115 Å². The molecule has 0 aliphatic rings. The Morgan fingerprint density at radius 1 is 0.333 bits per heavy atom. The molecule has 0 aliphatic heterocycles. The van der Waals surface area contributed by atoms with Crippen molar-refractivity contribution in [2.45, 2.75) is 331 Å². The van der Waals surface area contributed by atoms with Crippen molar-refractivity contribution in [2.24, 2.45) is 23.7 Å². The number of aliphatic hydroxyl groups is 1. The van der Waals surface area contributed by atoms with Crippen LogP contribution in [0.25, 0.3) is 0 Å². The molecule has 0 saturated carbocycles. The zero-order valence-corrected chi connectivity index (χ0v) is 56.3. The Kier molecular flexibility index (Phi) is 53.9. The Bertz CT molecular complexity index is 1680. The molecule has 3 N–H and O–H groups in total. The third kappa shape index (κ3) is 57.8. The maximum Gasteiger partial charge on any atom is 0.472 e. The highest BCUT2D eigenvalue weighted by Gasteiger charge is 2.30. The SMILES string of the molecule is CCC(C)CCCCCCCCC(=O)O[C@H](COC(=O)CCCCCCCCCC(C)C)COP(=O)(O)OCC(O)COP(=O)(O)OC[C@@H](COC(=O)CCCCCCCCC(C)C)OC(=O)CCCCCCCCCCCCCCC(C)C. The van der Waals surface area contributed by atoms with Gasteiger partial charge in [0.05, 0.1) is 26.4 Å². The van der Waals surface area contributed by atoms with E-state index in [-0.39, 0.29) is 25.7 Å². The number of phosphoric acid groups is 2. The molecule has 6 atom stereocenters. The number of hydrogen-bond donors (Lipinski definition) is 3. The molecule has 0 amide bonds. The highest BCUT2D eigenvalue weighted by atomic mass is 31.2. The topological polar surface area (TPSA) is 237 Å². The van der Waals surface area contributed by atoms with Crippen molar-refractivity contribution >= 4 is 39.5 Å². The van der Waals surface area contributed by atoms with Crippen LogP contribution in [-0.4, -0.2) is 96.7 Å². The Morgan fingerprint density at radius 3 is 0.845 bits per heavy atom. The van der Waals surface area contributed by atoms with Crippen LogP contribution in [0.4, 0.5) is 0 Å². The molecule has 19 heteroatoms. The number of aliphatic hydroxyl groups excluding tert-OH is 1. The summed E-state index contributed by atoms with van der Waals surface area (Å²) in [5.41, 5.74) is 0. The maximum absolute atomic E-state index is 13.0. The van der Waals surface area contributed by atoms with Gasteiger partial charge >= 0.3 is 39.5 Å². The van der Waals surface area contributed by atoms with Crippen LogP contribution in [-0.2, 0) is 65.4 Å². The summed E-state index contributed by atoms with van der Waals surface area (Å²) in [6, 6.07) is 0. The molecule has 84 heavy (non-hydrogen) atoms. The molecule has 0 aromatic rings. The van der Waals surface area contributed by atoms with Crippen LogP contribution >= 0.6 is 15.6 Å². The summed E-state index contributed by atoms with van der Waals surface area (Å²) in [6.07, 6.45) is 35.1. The van der Waals surface area contributed by atoms with E-state index in [0.29, 0.717) is 37.5 Å². The third-order valence-corrected chi connectivity index (χ3v) is 17.1. The number of rotatable bonds is 62. The fourth-order valence-electron chi connectivity index (χ4n) is 9.57. The van der Waals surface area contributed by atoms with Gasteiger partial charge in [-0.25, -0.2) is 9.13 Å². The van der Waals surface area contributed by atoms with Gasteiger partial charge < -0.3 is 33.8 Å². The van der Waals surface area contributed by atoms with Gasteiger partial charge in [0.2, 0.25) is 0 Å². The lowest BCUT2D eigenvalue weighted by Gasteiger charge is -2.21. The van der Waals surface area contributed by atoms with E-state index in [1.807, 2.05) is 0 Å². The predicted molar refractivity (Wildman–Crippen MR) is 335 cm³/mol. The summed E-state index contributed by atoms with van der Waals surface area (Å²) in [5, 5.41) is 10.5. The van der Waals surface area contributed by atoms with Gasteiger partial charge in [0.15, 0.2) is 12.2 Å². The summed E-state index contributed by atoms with van der Waals surface area (Å²) >= 11 is 0. The molecule has 17 nitrogen and oxygen atoms in total. The van der Waals surface area contributed by atoms with Crippen LogP contribution in [0.2, 0.25) is 0 Å². The van der Waals surface area contributed by atoms with Crippen molar-refractivity contribution in [3.8, 4) is 0 Å². The smallest absolute Gasteiger partial charge is 0.462 e. The van der Waals surface area contributed by atoms with Crippen LogP contribution in [0.1, 0.15) is 312 Å². The number of hydrogen-bond acceptors (Lipinski definition) is 15. The Hall–Kier alpha value is -1.94. The van der Waals surface area contributed by atoms with Gasteiger partial charge in [-0.2, -0.15) is 0 Å². The Balaban J connectivity index is 5.23. The van der Waals surface area contributed by atoms with Gasteiger partial charge in [0.1, 0.15) is 19.3 Å². The molecule has 0 saturated heterocycles. The third-order valence-electron chi connectivity index (χ3n) is 15.2. The van der Waals surface area contributed by atoms with Gasteiger partial charge in [0, 0.05) is 25.7 Å². The van der Waals surface area contributed by atoms with E-state index in [9.17, 15) is 43.2 Å². The largest absolute Gasteiger partial charge is 0.472 e. The van der Waals surface area contributed by atoms with Crippen molar-refractivity contribution in [1.82, 2.24) is 0 Å². The van der Waals surface area contributed by atoms with Gasteiger partial charge in [-0.05, 0) is 49.4 Å². The number of phosphoric ester groups is 2. The van der Waals surface area contributed by atoms with E-state index in [2.05, 4.69) is 55.4 Å². The summed E-state index contributed by atoms with van der Waals surface area (Å²) in [5.74, 6) is 0.740. The molecule has 0 heterocycles. The van der Waals surface area contributed by atoms with E-state index in [4.69, 9.17) is 37.0 Å². The minimum atomic E-state index is -4.95.